The summed E-state index contributed by atoms with van der Waals surface area (Å²) in [6.45, 7) is 4.07. The molecule has 0 saturated carbocycles. The monoisotopic (exact) mass is 486 g/mol. The van der Waals surface area contributed by atoms with Crippen LogP contribution in [0, 0.1) is 5.41 Å². The molecule has 1 amide bonds. The normalized spacial score (nSPS) is 18.1. The van der Waals surface area contributed by atoms with E-state index in [0.717, 1.165) is 5.70 Å². The molecule has 9 nitrogen and oxygen atoms in total. The summed E-state index contributed by atoms with van der Waals surface area (Å²) in [7, 11) is 1.56. The third-order valence-corrected chi connectivity index (χ3v) is 6.55. The summed E-state index contributed by atoms with van der Waals surface area (Å²) >= 11 is 0. The molecule has 5 rings (SSSR count). The van der Waals surface area contributed by atoms with Crippen LogP contribution in [0.2, 0.25) is 0 Å². The number of hydrogen-bond donors (Lipinski definition) is 3. The molecule has 3 N–H and O–H groups in total. The van der Waals surface area contributed by atoms with Crippen molar-refractivity contribution in [2.75, 3.05) is 17.7 Å². The number of nitrogens with zero attached hydrogens (tertiary/aromatic N) is 2. The van der Waals surface area contributed by atoms with E-state index in [4.69, 9.17) is 4.74 Å². The minimum absolute atomic E-state index is 0.00425. The SMILES string of the molecule is COc1cccc(NC(=O)c2cnn3c2NC2=C(C(=O)CC(C)(C)C2)[C@@H]3c2ccc(C(=O)O)cc2)c1. The number of fused-ring (bicyclic) bond motifs is 1. The van der Waals surface area contributed by atoms with Crippen LogP contribution in [0.15, 0.2) is 66.0 Å². The number of anilines is 2. The fourth-order valence-electron chi connectivity index (χ4n) is 4.89. The van der Waals surface area contributed by atoms with Gasteiger partial charge in [-0.15, -0.1) is 0 Å². The zero-order valence-corrected chi connectivity index (χ0v) is 20.2. The largest absolute Gasteiger partial charge is 0.497 e. The van der Waals surface area contributed by atoms with Gasteiger partial charge in [-0.2, -0.15) is 5.10 Å². The molecule has 9 heteroatoms. The molecule has 0 radical (unpaired) electrons. The lowest BCUT2D eigenvalue weighted by atomic mass is 9.73. The average molecular weight is 487 g/mol. The molecule has 0 fully saturated rings. The minimum Gasteiger partial charge on any atom is -0.497 e. The first-order valence-corrected chi connectivity index (χ1v) is 11.6. The molecule has 0 unspecified atom stereocenters. The summed E-state index contributed by atoms with van der Waals surface area (Å²) in [5.74, 6) is -0.289. The minimum atomic E-state index is -1.03. The Kier molecular flexibility index (Phi) is 5.62. The van der Waals surface area contributed by atoms with Crippen molar-refractivity contribution in [1.29, 1.82) is 0 Å². The molecule has 1 atom stereocenters. The number of carbonyl (C=O) groups is 3. The van der Waals surface area contributed by atoms with E-state index in [-0.39, 0.29) is 22.7 Å². The summed E-state index contributed by atoms with van der Waals surface area (Å²) in [4.78, 5) is 38.0. The molecular formula is C27H26N4O5. The molecule has 0 saturated heterocycles. The van der Waals surface area contributed by atoms with Gasteiger partial charge in [0.05, 0.1) is 18.9 Å². The summed E-state index contributed by atoms with van der Waals surface area (Å²) in [6.07, 6.45) is 2.49. The van der Waals surface area contributed by atoms with E-state index in [0.29, 0.717) is 46.8 Å². The van der Waals surface area contributed by atoms with E-state index in [9.17, 15) is 19.5 Å². The Morgan fingerprint density at radius 2 is 1.92 bits per heavy atom. The van der Waals surface area contributed by atoms with E-state index in [2.05, 4.69) is 15.7 Å². The Bertz CT molecular complexity index is 1420. The van der Waals surface area contributed by atoms with Gasteiger partial charge in [-0.25, -0.2) is 9.48 Å². The number of allylic oxidation sites excluding steroid dienone is 2. The van der Waals surface area contributed by atoms with Crippen LogP contribution in [0.25, 0.3) is 0 Å². The molecule has 184 valence electrons. The van der Waals surface area contributed by atoms with Crippen LogP contribution in [0.1, 0.15) is 59.0 Å². The molecule has 0 spiro atoms. The van der Waals surface area contributed by atoms with Crippen LogP contribution >= 0.6 is 0 Å². The number of amides is 1. The maximum Gasteiger partial charge on any atom is 0.335 e. The number of carbonyl (C=O) groups excluding carboxylic acids is 2. The van der Waals surface area contributed by atoms with Gasteiger partial charge >= 0.3 is 5.97 Å². The number of ether oxygens (including phenoxy) is 1. The Labute approximate surface area is 207 Å². The number of aromatic nitrogens is 2. The van der Waals surface area contributed by atoms with Crippen LogP contribution < -0.4 is 15.4 Å². The Morgan fingerprint density at radius 3 is 2.61 bits per heavy atom. The zero-order valence-electron chi connectivity index (χ0n) is 20.2. The summed E-state index contributed by atoms with van der Waals surface area (Å²) in [6, 6.07) is 12.9. The molecule has 36 heavy (non-hydrogen) atoms. The predicted molar refractivity (Wildman–Crippen MR) is 133 cm³/mol. The third-order valence-electron chi connectivity index (χ3n) is 6.55. The summed E-state index contributed by atoms with van der Waals surface area (Å²) < 4.78 is 6.87. The first-order chi connectivity index (χ1) is 17.2. The molecule has 1 aliphatic heterocycles. The third kappa shape index (κ3) is 4.13. The van der Waals surface area contributed by atoms with Crippen LogP contribution in [0.5, 0.6) is 5.75 Å². The van der Waals surface area contributed by atoms with Gasteiger partial charge < -0.3 is 20.5 Å². The molecule has 1 aromatic heterocycles. The van der Waals surface area contributed by atoms with E-state index in [1.807, 2.05) is 13.8 Å². The van der Waals surface area contributed by atoms with Gasteiger partial charge in [-0.3, -0.25) is 9.59 Å². The summed E-state index contributed by atoms with van der Waals surface area (Å²) in [5, 5.41) is 20.0. The van der Waals surface area contributed by atoms with Crippen molar-refractivity contribution in [3.05, 3.63) is 82.7 Å². The van der Waals surface area contributed by atoms with Crippen molar-refractivity contribution in [3.63, 3.8) is 0 Å². The number of carboxylic acid groups (broad SMARTS) is 1. The first kappa shape index (κ1) is 23.3. The zero-order chi connectivity index (χ0) is 25.6. The highest BCUT2D eigenvalue weighted by Gasteiger charge is 2.42. The fraction of sp³-hybridized carbons (Fsp3) is 0.259. The van der Waals surface area contributed by atoms with Gasteiger partial charge in [0, 0.05) is 29.4 Å². The number of nitrogens with one attached hydrogen (secondary N) is 2. The number of Topliss-reactive ketones (excluding diaryl/α,β-unsaturated/α-hetero) is 1. The Balaban J connectivity index is 1.57. The van der Waals surface area contributed by atoms with Gasteiger partial charge in [-0.1, -0.05) is 32.0 Å². The van der Waals surface area contributed by atoms with Crippen molar-refractivity contribution >= 4 is 29.2 Å². The smallest absolute Gasteiger partial charge is 0.335 e. The average Bonchev–Trinajstić information content (AvgIpc) is 3.26. The highest BCUT2D eigenvalue weighted by molar-refractivity contribution is 6.08. The maximum absolute atomic E-state index is 13.3. The van der Waals surface area contributed by atoms with Crippen molar-refractivity contribution in [1.82, 2.24) is 9.78 Å². The highest BCUT2D eigenvalue weighted by Crippen LogP contribution is 2.46. The number of aromatic carboxylic acids is 1. The van der Waals surface area contributed by atoms with Crippen LogP contribution in [-0.2, 0) is 4.79 Å². The lowest BCUT2D eigenvalue weighted by Crippen LogP contribution is -2.37. The number of ketones is 1. The van der Waals surface area contributed by atoms with E-state index in [1.54, 1.807) is 48.2 Å². The van der Waals surface area contributed by atoms with Crippen LogP contribution in [0.3, 0.4) is 0 Å². The quantitative estimate of drug-likeness (QED) is 0.485. The van der Waals surface area contributed by atoms with Crippen LogP contribution in [-0.4, -0.2) is 39.7 Å². The lowest BCUT2D eigenvalue weighted by molar-refractivity contribution is -0.118. The number of rotatable bonds is 5. The highest BCUT2D eigenvalue weighted by atomic mass is 16.5. The first-order valence-electron chi connectivity index (χ1n) is 11.6. The number of methoxy groups -OCH3 is 1. The Hall–Kier alpha value is -4.40. The number of benzene rings is 2. The molecular weight excluding hydrogens is 460 g/mol. The van der Waals surface area contributed by atoms with E-state index < -0.39 is 12.0 Å². The molecule has 2 aromatic carbocycles. The van der Waals surface area contributed by atoms with Gasteiger partial charge in [0.25, 0.3) is 5.91 Å². The lowest BCUT2D eigenvalue weighted by Gasteiger charge is -2.39. The van der Waals surface area contributed by atoms with Gasteiger partial charge in [0.15, 0.2) is 5.78 Å². The maximum atomic E-state index is 13.3. The summed E-state index contributed by atoms with van der Waals surface area (Å²) in [5.41, 5.74) is 2.87. The van der Waals surface area contributed by atoms with Crippen molar-refractivity contribution in [3.8, 4) is 5.75 Å². The predicted octanol–water partition coefficient (Wildman–Crippen LogP) is 4.50. The Morgan fingerprint density at radius 1 is 1.17 bits per heavy atom. The second-order valence-corrected chi connectivity index (χ2v) is 9.83. The van der Waals surface area contributed by atoms with Crippen molar-refractivity contribution in [2.24, 2.45) is 5.41 Å². The molecule has 0 bridgehead atoms. The molecule has 2 heterocycles. The van der Waals surface area contributed by atoms with Crippen molar-refractivity contribution in [2.45, 2.75) is 32.7 Å². The second kappa shape index (κ2) is 8.67. The second-order valence-electron chi connectivity index (χ2n) is 9.83. The van der Waals surface area contributed by atoms with Crippen molar-refractivity contribution < 1.29 is 24.2 Å². The topological polar surface area (TPSA) is 123 Å². The van der Waals surface area contributed by atoms with Gasteiger partial charge in [0.2, 0.25) is 0 Å². The van der Waals surface area contributed by atoms with E-state index in [1.165, 1.54) is 18.3 Å². The van der Waals surface area contributed by atoms with Crippen LogP contribution in [0.4, 0.5) is 11.5 Å². The molecule has 2 aliphatic rings. The number of hydrogen-bond acceptors (Lipinski definition) is 6. The van der Waals surface area contributed by atoms with Gasteiger partial charge in [0.1, 0.15) is 23.2 Å². The van der Waals surface area contributed by atoms with Gasteiger partial charge in [-0.05, 0) is 41.7 Å². The fourth-order valence-corrected chi connectivity index (χ4v) is 4.89. The van der Waals surface area contributed by atoms with E-state index >= 15 is 0 Å². The standard InChI is InChI=1S/C27H26N4O5/c1-27(2)12-20-22(21(32)13-27)23(15-7-9-16(10-8-15)26(34)35)31-24(30-20)19(14-28-31)25(33)29-17-5-4-6-18(11-17)36-3/h4-11,14,23,30H,12-13H2,1-3H3,(H,29,33)(H,34,35)/t23-/m0/s1. The number of carboxylic acids is 1. The molecule has 3 aromatic rings. The molecule has 1 aliphatic carbocycles.